The highest BCUT2D eigenvalue weighted by atomic mass is 32.2. The van der Waals surface area contributed by atoms with E-state index < -0.39 is 0 Å². The fourth-order valence-corrected chi connectivity index (χ4v) is 4.85. The van der Waals surface area contributed by atoms with Crippen molar-refractivity contribution < 1.29 is 0 Å². The maximum Gasteiger partial charge on any atom is 0.0269 e. The molecule has 3 rings (SSSR count). The van der Waals surface area contributed by atoms with Crippen molar-refractivity contribution in [3.8, 4) is 0 Å². The summed E-state index contributed by atoms with van der Waals surface area (Å²) in [5, 5.41) is 0.642. The molecule has 0 fully saturated rings. The van der Waals surface area contributed by atoms with Crippen LogP contribution >= 0.6 is 23.5 Å². The van der Waals surface area contributed by atoms with Gasteiger partial charge >= 0.3 is 0 Å². The summed E-state index contributed by atoms with van der Waals surface area (Å²) in [5.41, 5.74) is 4.52. The van der Waals surface area contributed by atoms with Crippen molar-refractivity contribution in [2.45, 2.75) is 63.4 Å². The molecule has 1 atom stereocenters. The molecule has 2 aliphatic rings. The molecule has 1 unspecified atom stereocenters. The molecule has 20 heavy (non-hydrogen) atoms. The maximum atomic E-state index is 2.42. The predicted octanol–water partition coefficient (Wildman–Crippen LogP) is 6.38. The number of hydrogen-bond donors (Lipinski definition) is 0. The smallest absolute Gasteiger partial charge is 0.0269 e. The van der Waals surface area contributed by atoms with Gasteiger partial charge in [-0.15, -0.1) is 0 Å². The third-order valence-electron chi connectivity index (χ3n) is 4.14. The zero-order valence-electron chi connectivity index (χ0n) is 13.0. The summed E-state index contributed by atoms with van der Waals surface area (Å²) in [6.45, 7) is 4.64. The quantitative estimate of drug-likeness (QED) is 0.545. The largest absolute Gasteiger partial charge is 0.157 e. The van der Waals surface area contributed by atoms with Crippen LogP contribution in [0.2, 0.25) is 0 Å². The van der Waals surface area contributed by atoms with E-state index in [-0.39, 0.29) is 0 Å². The molecule has 0 radical (unpaired) electrons. The molecule has 0 aromatic heterocycles. The van der Waals surface area contributed by atoms with Crippen LogP contribution in [-0.4, -0.2) is 11.5 Å². The molecule has 0 nitrogen and oxygen atoms in total. The van der Waals surface area contributed by atoms with Gasteiger partial charge < -0.3 is 0 Å². The van der Waals surface area contributed by atoms with E-state index in [0.29, 0.717) is 5.25 Å². The summed E-state index contributed by atoms with van der Waals surface area (Å²) in [7, 11) is 0. The third kappa shape index (κ3) is 5.37. The third-order valence-corrected chi connectivity index (χ3v) is 6.53. The van der Waals surface area contributed by atoms with Crippen LogP contribution in [0.5, 0.6) is 0 Å². The van der Waals surface area contributed by atoms with Crippen molar-refractivity contribution >= 4 is 23.5 Å². The average molecular weight is 309 g/mol. The lowest BCUT2D eigenvalue weighted by Crippen LogP contribution is -1.95. The normalized spacial score (nSPS) is 22.8. The van der Waals surface area contributed by atoms with Gasteiger partial charge in [0.2, 0.25) is 0 Å². The minimum Gasteiger partial charge on any atom is -0.157 e. The van der Waals surface area contributed by atoms with E-state index in [1.807, 2.05) is 0 Å². The van der Waals surface area contributed by atoms with Gasteiger partial charge in [-0.3, -0.25) is 0 Å². The number of thioether (sulfide) groups is 2. The highest BCUT2D eigenvalue weighted by Gasteiger charge is 2.08. The van der Waals surface area contributed by atoms with Crippen LogP contribution in [0.25, 0.3) is 0 Å². The second-order valence-electron chi connectivity index (χ2n) is 5.87. The summed E-state index contributed by atoms with van der Waals surface area (Å²) in [5.74, 6) is 3.83. The Bertz CT molecular complexity index is 400. The number of fused-ring (bicyclic) bond motifs is 13. The summed E-state index contributed by atoms with van der Waals surface area (Å²) in [6, 6.07) is 7.13. The van der Waals surface area contributed by atoms with Crippen LogP contribution in [0.3, 0.4) is 0 Å². The van der Waals surface area contributed by atoms with Crippen LogP contribution < -0.4 is 0 Å². The molecule has 0 N–H and O–H groups in total. The minimum absolute atomic E-state index is 0.642. The fraction of sp³-hybridized carbons (Fsp3) is 0.667. The number of hydrogen-bond acceptors (Lipinski definition) is 2. The van der Waals surface area contributed by atoms with Gasteiger partial charge in [0.05, 0.1) is 0 Å². The van der Waals surface area contributed by atoms with Gasteiger partial charge in [0.25, 0.3) is 0 Å². The molecular formula is C18H28S2. The molecule has 0 saturated carbocycles. The molecule has 2 heteroatoms. The van der Waals surface area contributed by atoms with Crippen molar-refractivity contribution in [3.05, 3.63) is 34.9 Å². The van der Waals surface area contributed by atoms with Crippen molar-refractivity contribution in [2.75, 3.05) is 11.5 Å². The van der Waals surface area contributed by atoms with Gasteiger partial charge in [0.15, 0.2) is 0 Å². The van der Waals surface area contributed by atoms with Crippen LogP contribution in [-0.2, 0) is 5.75 Å². The van der Waals surface area contributed by atoms with Crippen LogP contribution in [0.15, 0.2) is 18.2 Å². The maximum absolute atomic E-state index is 2.42. The van der Waals surface area contributed by atoms with Crippen LogP contribution in [0, 0.1) is 6.92 Å². The lowest BCUT2D eigenvalue weighted by Gasteiger charge is -2.15. The molecule has 2 aliphatic heterocycles. The van der Waals surface area contributed by atoms with Crippen LogP contribution in [0.1, 0.15) is 67.4 Å². The summed E-state index contributed by atoms with van der Waals surface area (Å²) < 4.78 is 0. The van der Waals surface area contributed by atoms with Crippen molar-refractivity contribution in [1.82, 2.24) is 0 Å². The second-order valence-corrected chi connectivity index (χ2v) is 8.43. The Hall–Kier alpha value is -0.0800. The number of aryl methyl sites for hydroxylation is 1. The van der Waals surface area contributed by atoms with E-state index in [1.165, 1.54) is 72.5 Å². The van der Waals surface area contributed by atoms with Gasteiger partial charge in [-0.2, -0.15) is 23.5 Å². The molecule has 2 bridgehead atoms. The molecule has 112 valence electrons. The zero-order chi connectivity index (χ0) is 14.2. The summed E-state index contributed by atoms with van der Waals surface area (Å²) in [4.78, 5) is 0. The Balaban J connectivity index is 2.01. The first-order chi connectivity index (χ1) is 9.77. The standard InChI is InChI=1S/C18H28S2/c1-15-13-17-9-10-18(15)14-19-11-7-5-3-4-6-8-12-20-16(17)2/h9-10,13,16H,3-8,11-12,14H2,1-2H3. The van der Waals surface area contributed by atoms with Crippen molar-refractivity contribution in [3.63, 3.8) is 0 Å². The Labute approximate surface area is 133 Å². The monoisotopic (exact) mass is 308 g/mol. The molecule has 0 spiro atoms. The average Bonchev–Trinajstić information content (AvgIpc) is 2.44. The van der Waals surface area contributed by atoms with Gasteiger partial charge in [0, 0.05) is 11.0 Å². The zero-order valence-corrected chi connectivity index (χ0v) is 14.6. The lowest BCUT2D eigenvalue weighted by atomic mass is 10.0. The molecule has 2 heterocycles. The number of benzene rings is 1. The van der Waals surface area contributed by atoms with E-state index >= 15 is 0 Å². The van der Waals surface area contributed by atoms with Gasteiger partial charge in [0.1, 0.15) is 0 Å². The van der Waals surface area contributed by atoms with Crippen molar-refractivity contribution in [2.24, 2.45) is 0 Å². The van der Waals surface area contributed by atoms with E-state index in [1.54, 1.807) is 0 Å². The van der Waals surface area contributed by atoms with Gasteiger partial charge in [-0.1, -0.05) is 43.9 Å². The molecule has 1 aromatic rings. The second kappa shape index (κ2) is 9.04. The van der Waals surface area contributed by atoms with E-state index in [2.05, 4.69) is 55.6 Å². The fourth-order valence-electron chi connectivity index (χ4n) is 2.69. The molecular weight excluding hydrogens is 280 g/mol. The Morgan fingerprint density at radius 1 is 0.950 bits per heavy atom. The Kier molecular flexibility index (Phi) is 7.37. The first-order valence-electron chi connectivity index (χ1n) is 8.06. The predicted molar refractivity (Wildman–Crippen MR) is 95.9 cm³/mol. The van der Waals surface area contributed by atoms with Gasteiger partial charge in [-0.05, 0) is 54.9 Å². The van der Waals surface area contributed by atoms with E-state index in [4.69, 9.17) is 0 Å². The highest BCUT2D eigenvalue weighted by molar-refractivity contribution is 7.99. The Morgan fingerprint density at radius 2 is 1.65 bits per heavy atom. The molecule has 0 aliphatic carbocycles. The molecule has 0 amide bonds. The highest BCUT2D eigenvalue weighted by Crippen LogP contribution is 2.31. The first kappa shape index (κ1) is 16.3. The summed E-state index contributed by atoms with van der Waals surface area (Å²) >= 11 is 4.23. The van der Waals surface area contributed by atoms with Crippen molar-refractivity contribution in [1.29, 1.82) is 0 Å². The lowest BCUT2D eigenvalue weighted by molar-refractivity contribution is 0.629. The molecule has 1 aromatic carbocycles. The SMILES string of the molecule is Cc1cc2ccc1CSCCCCCCCCSC2C. The first-order valence-corrected chi connectivity index (χ1v) is 10.3. The Morgan fingerprint density at radius 3 is 2.40 bits per heavy atom. The molecule has 0 saturated heterocycles. The van der Waals surface area contributed by atoms with E-state index in [9.17, 15) is 0 Å². The minimum atomic E-state index is 0.642. The van der Waals surface area contributed by atoms with E-state index in [0.717, 1.165) is 0 Å². The number of rotatable bonds is 0. The topological polar surface area (TPSA) is 0 Å². The van der Waals surface area contributed by atoms with Gasteiger partial charge in [-0.25, -0.2) is 0 Å². The summed E-state index contributed by atoms with van der Waals surface area (Å²) in [6.07, 6.45) is 8.51. The van der Waals surface area contributed by atoms with Crippen LogP contribution in [0.4, 0.5) is 0 Å².